The second-order valence-electron chi connectivity index (χ2n) is 5.86. The van der Waals surface area contributed by atoms with Crippen molar-refractivity contribution in [1.29, 1.82) is 0 Å². The van der Waals surface area contributed by atoms with E-state index in [1.54, 1.807) is 24.8 Å². The van der Waals surface area contributed by atoms with Gasteiger partial charge in [-0.25, -0.2) is 9.97 Å². The van der Waals surface area contributed by atoms with Crippen molar-refractivity contribution < 1.29 is 0 Å². The van der Waals surface area contributed by atoms with Crippen LogP contribution in [0.5, 0.6) is 0 Å². The van der Waals surface area contributed by atoms with E-state index in [0.29, 0.717) is 0 Å². The molecule has 0 spiro atoms. The first kappa shape index (κ1) is 13.4. The number of pyridine rings is 1. The van der Waals surface area contributed by atoms with Crippen LogP contribution in [0.2, 0.25) is 0 Å². The third-order valence-corrected chi connectivity index (χ3v) is 4.49. The Bertz CT molecular complexity index is 840. The van der Waals surface area contributed by atoms with Crippen LogP contribution >= 0.6 is 0 Å². The summed E-state index contributed by atoms with van der Waals surface area (Å²) in [6.45, 7) is 1.75. The van der Waals surface area contributed by atoms with Crippen molar-refractivity contribution in [2.45, 2.75) is 12.8 Å². The molecule has 0 atom stereocenters. The van der Waals surface area contributed by atoms with E-state index in [-0.39, 0.29) is 0 Å². The zero-order valence-electron chi connectivity index (χ0n) is 13.0. The Morgan fingerprint density at radius 1 is 0.667 bits per heavy atom. The molecule has 7 nitrogen and oxygen atoms in total. The van der Waals surface area contributed by atoms with Gasteiger partial charge in [0.25, 0.3) is 0 Å². The van der Waals surface area contributed by atoms with Crippen molar-refractivity contribution in [2.24, 2.45) is 0 Å². The lowest BCUT2D eigenvalue weighted by Crippen LogP contribution is -2.18. The standard InChI is InChI=1S/C17H15N7/c1-7-23(16-14(1)19-3-5-21-16)12-9-13(11-18-10-12)24-8-2-15-17(24)22-6-4-20-15/h3-6,9-11H,1-2,7-8H2. The van der Waals surface area contributed by atoms with Crippen LogP contribution in [0.3, 0.4) is 0 Å². The molecule has 24 heavy (non-hydrogen) atoms. The summed E-state index contributed by atoms with van der Waals surface area (Å²) in [5.41, 5.74) is 4.15. The summed E-state index contributed by atoms with van der Waals surface area (Å²) in [5.74, 6) is 1.86. The predicted molar refractivity (Wildman–Crippen MR) is 89.7 cm³/mol. The minimum absolute atomic E-state index is 0.876. The van der Waals surface area contributed by atoms with Crippen molar-refractivity contribution in [3.63, 3.8) is 0 Å². The van der Waals surface area contributed by atoms with Gasteiger partial charge in [-0.1, -0.05) is 0 Å². The van der Waals surface area contributed by atoms with E-state index in [1.807, 2.05) is 12.4 Å². The zero-order chi connectivity index (χ0) is 15.9. The third-order valence-electron chi connectivity index (χ3n) is 4.49. The molecule has 0 saturated carbocycles. The molecular weight excluding hydrogens is 302 g/mol. The Hall–Kier alpha value is -3.09. The zero-order valence-corrected chi connectivity index (χ0v) is 13.0. The molecular formula is C17H15N7. The minimum atomic E-state index is 0.876. The van der Waals surface area contributed by atoms with E-state index < -0.39 is 0 Å². The molecule has 0 bridgehead atoms. The molecule has 3 aromatic heterocycles. The van der Waals surface area contributed by atoms with Gasteiger partial charge in [0.05, 0.1) is 35.2 Å². The van der Waals surface area contributed by atoms with Crippen molar-refractivity contribution in [2.75, 3.05) is 22.9 Å². The van der Waals surface area contributed by atoms with Crippen LogP contribution in [-0.4, -0.2) is 38.0 Å². The monoisotopic (exact) mass is 317 g/mol. The van der Waals surface area contributed by atoms with Crippen LogP contribution in [0.1, 0.15) is 11.4 Å². The number of hydrogen-bond donors (Lipinski definition) is 0. The molecule has 0 aromatic carbocycles. The summed E-state index contributed by atoms with van der Waals surface area (Å²) in [7, 11) is 0. The fourth-order valence-corrected chi connectivity index (χ4v) is 3.38. The van der Waals surface area contributed by atoms with Crippen LogP contribution in [0.15, 0.2) is 43.2 Å². The van der Waals surface area contributed by atoms with Crippen LogP contribution < -0.4 is 9.80 Å². The Morgan fingerprint density at radius 3 is 1.71 bits per heavy atom. The fourth-order valence-electron chi connectivity index (χ4n) is 3.38. The topological polar surface area (TPSA) is 70.9 Å². The number of rotatable bonds is 2. The number of aromatic nitrogens is 5. The van der Waals surface area contributed by atoms with Gasteiger partial charge in [0.1, 0.15) is 0 Å². The highest BCUT2D eigenvalue weighted by Crippen LogP contribution is 2.35. The molecule has 0 saturated heterocycles. The molecule has 0 radical (unpaired) electrons. The van der Waals surface area contributed by atoms with Crippen LogP contribution in [0, 0.1) is 0 Å². The van der Waals surface area contributed by atoms with Gasteiger partial charge in [0.2, 0.25) is 0 Å². The van der Waals surface area contributed by atoms with Crippen molar-refractivity contribution in [1.82, 2.24) is 24.9 Å². The van der Waals surface area contributed by atoms with E-state index in [2.05, 4.69) is 40.8 Å². The maximum Gasteiger partial charge on any atom is 0.154 e. The molecule has 5 heterocycles. The smallest absolute Gasteiger partial charge is 0.154 e. The Labute approximate surface area is 139 Å². The number of nitrogens with zero attached hydrogens (tertiary/aromatic N) is 7. The number of hydrogen-bond acceptors (Lipinski definition) is 7. The molecule has 0 fully saturated rings. The largest absolute Gasteiger partial charge is 0.323 e. The van der Waals surface area contributed by atoms with Crippen molar-refractivity contribution >= 4 is 23.0 Å². The molecule has 5 rings (SSSR count). The van der Waals surface area contributed by atoms with E-state index in [9.17, 15) is 0 Å². The average Bonchev–Trinajstić information content (AvgIpc) is 3.26. The predicted octanol–water partition coefficient (Wildman–Crippen LogP) is 2.05. The van der Waals surface area contributed by atoms with Crippen molar-refractivity contribution in [3.05, 3.63) is 54.6 Å². The summed E-state index contributed by atoms with van der Waals surface area (Å²) in [6, 6.07) is 2.14. The van der Waals surface area contributed by atoms with Gasteiger partial charge < -0.3 is 9.80 Å². The highest BCUT2D eigenvalue weighted by Gasteiger charge is 2.26. The van der Waals surface area contributed by atoms with Crippen LogP contribution in [-0.2, 0) is 12.8 Å². The molecule has 3 aromatic rings. The van der Waals surface area contributed by atoms with Gasteiger partial charge in [-0.2, -0.15) is 0 Å². The second-order valence-corrected chi connectivity index (χ2v) is 5.86. The SMILES string of the molecule is c1cnc2c(n1)CCN2c1cncc(N2CCc3nccnc32)c1. The minimum Gasteiger partial charge on any atom is -0.323 e. The maximum atomic E-state index is 4.48. The van der Waals surface area contributed by atoms with Gasteiger partial charge in [-0.3, -0.25) is 15.0 Å². The van der Waals surface area contributed by atoms with Gasteiger partial charge in [-0.15, -0.1) is 0 Å². The molecule has 7 heteroatoms. The summed E-state index contributed by atoms with van der Waals surface area (Å²) < 4.78 is 0. The first-order valence-electron chi connectivity index (χ1n) is 8.00. The molecule has 118 valence electrons. The highest BCUT2D eigenvalue weighted by molar-refractivity contribution is 5.71. The van der Waals surface area contributed by atoms with Gasteiger partial charge in [-0.05, 0) is 6.07 Å². The first-order valence-corrected chi connectivity index (χ1v) is 8.00. The lowest BCUT2D eigenvalue weighted by atomic mass is 10.3. The van der Waals surface area contributed by atoms with E-state index >= 15 is 0 Å². The summed E-state index contributed by atoms with van der Waals surface area (Å²) in [4.78, 5) is 26.6. The van der Waals surface area contributed by atoms with Gasteiger partial charge in [0, 0.05) is 50.7 Å². The second kappa shape index (κ2) is 5.23. The van der Waals surface area contributed by atoms with Gasteiger partial charge >= 0.3 is 0 Å². The van der Waals surface area contributed by atoms with Crippen molar-refractivity contribution in [3.8, 4) is 0 Å². The Kier molecular flexibility index (Phi) is 2.91. The van der Waals surface area contributed by atoms with E-state index in [1.165, 1.54) is 0 Å². The van der Waals surface area contributed by atoms with E-state index in [0.717, 1.165) is 60.3 Å². The maximum absolute atomic E-state index is 4.48. The van der Waals surface area contributed by atoms with Gasteiger partial charge in [0.15, 0.2) is 11.6 Å². The highest BCUT2D eigenvalue weighted by atomic mass is 15.3. The molecule has 2 aliphatic heterocycles. The first-order chi connectivity index (χ1) is 11.9. The quantitative estimate of drug-likeness (QED) is 0.716. The lowest BCUT2D eigenvalue weighted by molar-refractivity contribution is 0.957. The fraction of sp³-hybridized carbons (Fsp3) is 0.235. The lowest BCUT2D eigenvalue weighted by Gasteiger charge is -2.22. The summed E-state index contributed by atoms with van der Waals surface area (Å²) in [6.07, 6.45) is 12.5. The average molecular weight is 317 g/mol. The number of fused-ring (bicyclic) bond motifs is 2. The molecule has 0 amide bonds. The summed E-state index contributed by atoms with van der Waals surface area (Å²) >= 11 is 0. The molecule has 2 aliphatic rings. The van der Waals surface area contributed by atoms with Crippen LogP contribution in [0.4, 0.5) is 23.0 Å². The Balaban J connectivity index is 1.52. The normalized spacial score (nSPS) is 15.5. The number of anilines is 4. The molecule has 0 aliphatic carbocycles. The van der Waals surface area contributed by atoms with Crippen LogP contribution in [0.25, 0.3) is 0 Å². The third kappa shape index (κ3) is 2.01. The molecule has 0 N–H and O–H groups in total. The summed E-state index contributed by atoms with van der Waals surface area (Å²) in [5, 5.41) is 0. The Morgan fingerprint density at radius 2 is 1.17 bits per heavy atom. The molecule has 0 unspecified atom stereocenters. The van der Waals surface area contributed by atoms with E-state index in [4.69, 9.17) is 0 Å².